The molecule has 4 amide bonds. The molecule has 8 heteroatoms. The van der Waals surface area contributed by atoms with Crippen LogP contribution in [0, 0.1) is 13.8 Å². The Kier molecular flexibility index (Phi) is 7.97. The lowest BCUT2D eigenvalue weighted by Crippen LogP contribution is -2.55. The van der Waals surface area contributed by atoms with E-state index in [1.54, 1.807) is 6.92 Å². The summed E-state index contributed by atoms with van der Waals surface area (Å²) in [6, 6.07) is 14.1. The first-order valence-electron chi connectivity index (χ1n) is 10.8. The van der Waals surface area contributed by atoms with Gasteiger partial charge >= 0.3 is 6.03 Å². The van der Waals surface area contributed by atoms with E-state index >= 15 is 0 Å². The van der Waals surface area contributed by atoms with Gasteiger partial charge in [0.05, 0.1) is 12.6 Å². The van der Waals surface area contributed by atoms with Crippen LogP contribution in [0.25, 0.3) is 0 Å². The number of nitrogens with one attached hydrogen (secondary N) is 3. The maximum Gasteiger partial charge on any atom is 0.325 e. The Hall–Kier alpha value is -3.23. The molecule has 3 N–H and O–H groups in total. The Balaban J connectivity index is 1.42. The van der Waals surface area contributed by atoms with Gasteiger partial charge in [-0.2, -0.15) is 0 Å². The zero-order chi connectivity index (χ0) is 23.1. The van der Waals surface area contributed by atoms with E-state index in [0.717, 1.165) is 16.8 Å². The lowest BCUT2D eigenvalue weighted by molar-refractivity contribution is -0.126. The van der Waals surface area contributed by atoms with Crippen LogP contribution in [0.4, 0.5) is 16.2 Å². The van der Waals surface area contributed by atoms with Crippen LogP contribution in [-0.4, -0.2) is 66.4 Å². The van der Waals surface area contributed by atoms with Crippen molar-refractivity contribution >= 4 is 29.2 Å². The van der Waals surface area contributed by atoms with Crippen LogP contribution in [0.2, 0.25) is 0 Å². The van der Waals surface area contributed by atoms with E-state index in [9.17, 15) is 14.4 Å². The van der Waals surface area contributed by atoms with E-state index in [2.05, 4.69) is 20.9 Å². The maximum atomic E-state index is 12.6. The van der Waals surface area contributed by atoms with Crippen LogP contribution in [0.5, 0.6) is 0 Å². The molecule has 1 aliphatic rings. The number of aryl methyl sites for hydroxylation is 2. The highest BCUT2D eigenvalue weighted by atomic mass is 16.2. The van der Waals surface area contributed by atoms with Gasteiger partial charge in [0, 0.05) is 37.6 Å². The number of para-hydroxylation sites is 1. The first kappa shape index (κ1) is 23.4. The van der Waals surface area contributed by atoms with Gasteiger partial charge in [-0.3, -0.25) is 24.7 Å². The summed E-state index contributed by atoms with van der Waals surface area (Å²) in [6.45, 7) is 8.63. The summed E-state index contributed by atoms with van der Waals surface area (Å²) in [6.07, 6.45) is 0. The fourth-order valence-electron chi connectivity index (χ4n) is 3.72. The normalized spacial score (nSPS) is 15.6. The smallest absolute Gasteiger partial charge is 0.325 e. The third kappa shape index (κ3) is 6.63. The summed E-state index contributed by atoms with van der Waals surface area (Å²) in [4.78, 5) is 41.1. The van der Waals surface area contributed by atoms with E-state index < -0.39 is 12.1 Å². The van der Waals surface area contributed by atoms with Gasteiger partial charge in [-0.25, -0.2) is 4.79 Å². The van der Waals surface area contributed by atoms with Crippen molar-refractivity contribution in [3.8, 4) is 0 Å². The molecule has 0 radical (unpaired) electrons. The molecule has 3 rings (SSSR count). The van der Waals surface area contributed by atoms with Crippen LogP contribution in [-0.2, 0) is 9.59 Å². The molecule has 0 aliphatic carbocycles. The minimum absolute atomic E-state index is 0.0569. The highest BCUT2D eigenvalue weighted by Crippen LogP contribution is 2.16. The molecular formula is C24H31N5O3. The number of anilines is 2. The maximum absolute atomic E-state index is 12.6. The van der Waals surface area contributed by atoms with Gasteiger partial charge in [0.25, 0.3) is 0 Å². The fraction of sp³-hybridized carbons (Fsp3) is 0.375. The number of urea groups is 1. The predicted octanol–water partition coefficient (Wildman–Crippen LogP) is 2.60. The third-order valence-electron chi connectivity index (χ3n) is 5.63. The second-order valence-electron chi connectivity index (χ2n) is 8.16. The molecule has 170 valence electrons. The number of carbonyl (C=O) groups is 3. The monoisotopic (exact) mass is 437 g/mol. The molecule has 1 unspecified atom stereocenters. The lowest BCUT2D eigenvalue weighted by atomic mass is 10.1. The van der Waals surface area contributed by atoms with Crippen LogP contribution >= 0.6 is 0 Å². The van der Waals surface area contributed by atoms with Gasteiger partial charge in [-0.05, 0) is 44.5 Å². The first-order valence-corrected chi connectivity index (χ1v) is 10.8. The van der Waals surface area contributed by atoms with Crippen molar-refractivity contribution < 1.29 is 14.4 Å². The molecule has 1 saturated heterocycles. The topological polar surface area (TPSA) is 93.8 Å². The quantitative estimate of drug-likeness (QED) is 0.646. The van der Waals surface area contributed by atoms with Crippen LogP contribution in [0.3, 0.4) is 0 Å². The molecule has 0 aromatic heterocycles. The molecule has 2 aromatic rings. The Bertz CT molecular complexity index is 955. The number of imide groups is 1. The van der Waals surface area contributed by atoms with E-state index in [1.165, 1.54) is 0 Å². The van der Waals surface area contributed by atoms with Crippen molar-refractivity contribution in [2.45, 2.75) is 26.8 Å². The van der Waals surface area contributed by atoms with Crippen molar-refractivity contribution in [1.82, 2.24) is 15.1 Å². The molecular weight excluding hydrogens is 406 g/mol. The molecule has 0 bridgehead atoms. The number of benzene rings is 2. The molecule has 32 heavy (non-hydrogen) atoms. The molecule has 1 fully saturated rings. The Labute approximate surface area is 189 Å². The number of amides is 4. The van der Waals surface area contributed by atoms with Gasteiger partial charge in [0.15, 0.2) is 0 Å². The highest BCUT2D eigenvalue weighted by Gasteiger charge is 2.27. The SMILES string of the molecule is Cc1ccc(NC(=O)NC(=O)C(C)N2CCN(CC(=O)Nc3ccccc3)CC2)c(C)c1. The highest BCUT2D eigenvalue weighted by molar-refractivity contribution is 6.03. The second kappa shape index (κ2) is 10.9. The standard InChI is InChI=1S/C24H31N5O3/c1-17-9-10-21(18(2)15-17)26-24(32)27-23(31)19(3)29-13-11-28(12-14-29)16-22(30)25-20-7-5-4-6-8-20/h4-10,15,19H,11-14,16H2,1-3H3,(H,25,30)(H2,26,27,31,32). The minimum Gasteiger partial charge on any atom is -0.325 e. The number of hydrogen-bond donors (Lipinski definition) is 3. The summed E-state index contributed by atoms with van der Waals surface area (Å²) in [5.41, 5.74) is 3.50. The zero-order valence-corrected chi connectivity index (χ0v) is 18.9. The van der Waals surface area contributed by atoms with Crippen LogP contribution in [0.15, 0.2) is 48.5 Å². The number of nitrogens with zero attached hydrogens (tertiary/aromatic N) is 2. The Morgan fingerprint density at radius 2 is 1.62 bits per heavy atom. The summed E-state index contributed by atoms with van der Waals surface area (Å²) in [5, 5.41) is 8.05. The fourth-order valence-corrected chi connectivity index (χ4v) is 3.72. The summed E-state index contributed by atoms with van der Waals surface area (Å²) in [7, 11) is 0. The number of hydrogen-bond acceptors (Lipinski definition) is 5. The predicted molar refractivity (Wildman–Crippen MR) is 126 cm³/mol. The average molecular weight is 438 g/mol. The van der Waals surface area contributed by atoms with E-state index in [4.69, 9.17) is 0 Å². The van der Waals surface area contributed by atoms with E-state index in [1.807, 2.05) is 67.3 Å². The number of carbonyl (C=O) groups excluding carboxylic acids is 3. The van der Waals surface area contributed by atoms with E-state index in [0.29, 0.717) is 38.4 Å². The van der Waals surface area contributed by atoms with Gasteiger partial charge < -0.3 is 10.6 Å². The lowest BCUT2D eigenvalue weighted by Gasteiger charge is -2.37. The van der Waals surface area contributed by atoms with Crippen LogP contribution < -0.4 is 16.0 Å². The van der Waals surface area contributed by atoms with Crippen molar-refractivity contribution in [3.63, 3.8) is 0 Å². The molecule has 0 saturated carbocycles. The molecule has 8 nitrogen and oxygen atoms in total. The molecule has 2 aromatic carbocycles. The second-order valence-corrected chi connectivity index (χ2v) is 8.16. The number of rotatable bonds is 6. The average Bonchev–Trinajstić information content (AvgIpc) is 2.76. The van der Waals surface area contributed by atoms with Gasteiger partial charge in [0.2, 0.25) is 11.8 Å². The largest absolute Gasteiger partial charge is 0.325 e. The van der Waals surface area contributed by atoms with E-state index in [-0.39, 0.29) is 11.8 Å². The van der Waals surface area contributed by atoms with Gasteiger partial charge in [-0.1, -0.05) is 35.9 Å². The van der Waals surface area contributed by atoms with Crippen molar-refractivity contribution in [2.24, 2.45) is 0 Å². The first-order chi connectivity index (χ1) is 15.3. The van der Waals surface area contributed by atoms with Crippen molar-refractivity contribution in [1.29, 1.82) is 0 Å². The minimum atomic E-state index is -0.537. The summed E-state index contributed by atoms with van der Waals surface area (Å²) in [5.74, 6) is -0.402. The summed E-state index contributed by atoms with van der Waals surface area (Å²) < 4.78 is 0. The third-order valence-corrected chi connectivity index (χ3v) is 5.63. The van der Waals surface area contributed by atoms with Gasteiger partial charge in [0.1, 0.15) is 0 Å². The zero-order valence-electron chi connectivity index (χ0n) is 18.9. The molecule has 1 atom stereocenters. The molecule has 0 spiro atoms. The molecule has 1 heterocycles. The van der Waals surface area contributed by atoms with Gasteiger partial charge in [-0.15, -0.1) is 0 Å². The van der Waals surface area contributed by atoms with Crippen LogP contribution in [0.1, 0.15) is 18.1 Å². The summed E-state index contributed by atoms with van der Waals surface area (Å²) >= 11 is 0. The number of piperazine rings is 1. The van der Waals surface area contributed by atoms with Crippen molar-refractivity contribution in [3.05, 3.63) is 59.7 Å². The Morgan fingerprint density at radius 1 is 0.938 bits per heavy atom. The van der Waals surface area contributed by atoms with Crippen molar-refractivity contribution in [2.75, 3.05) is 43.4 Å². The Morgan fingerprint density at radius 3 is 2.28 bits per heavy atom. The molecule has 1 aliphatic heterocycles.